The van der Waals surface area contributed by atoms with Crippen LogP contribution in [0.1, 0.15) is 38.5 Å². The Morgan fingerprint density at radius 2 is 1.83 bits per heavy atom. The van der Waals surface area contributed by atoms with Gasteiger partial charge in [-0.3, -0.25) is 9.59 Å². The van der Waals surface area contributed by atoms with Gasteiger partial charge in [0.05, 0.1) is 12.5 Å². The summed E-state index contributed by atoms with van der Waals surface area (Å²) < 4.78 is 5.04. The Kier molecular flexibility index (Phi) is 5.24. The Hall–Kier alpha value is -1.10. The van der Waals surface area contributed by atoms with Crippen LogP contribution in [0.25, 0.3) is 0 Å². The van der Waals surface area contributed by atoms with Crippen molar-refractivity contribution >= 4 is 11.8 Å². The van der Waals surface area contributed by atoms with Crippen molar-refractivity contribution in [3.05, 3.63) is 0 Å². The lowest BCUT2D eigenvalue weighted by Crippen LogP contribution is -2.47. The molecule has 0 aromatic heterocycles. The topological polar surface area (TPSA) is 49.9 Å². The van der Waals surface area contributed by atoms with Crippen LogP contribution in [0.3, 0.4) is 0 Å². The van der Waals surface area contributed by atoms with Crippen molar-refractivity contribution in [2.24, 2.45) is 23.7 Å². The van der Waals surface area contributed by atoms with Crippen LogP contribution in [0, 0.1) is 23.7 Å². The number of rotatable bonds is 5. The van der Waals surface area contributed by atoms with Gasteiger partial charge in [0.2, 0.25) is 11.8 Å². The van der Waals surface area contributed by atoms with Crippen molar-refractivity contribution in [1.29, 1.82) is 0 Å². The standard InChI is InChI=1S/C18H30N2O3/c1-19(10-11-23-2)17(21)13-6-5-9-20(12-13)18(22)16-14-7-3-4-8-15(14)16/h13-16H,3-12H2,1-2H3. The zero-order valence-corrected chi connectivity index (χ0v) is 14.5. The number of ether oxygens (including phenoxy) is 1. The van der Waals surface area contributed by atoms with Gasteiger partial charge in [-0.2, -0.15) is 0 Å². The van der Waals surface area contributed by atoms with Crippen LogP contribution in [-0.2, 0) is 14.3 Å². The van der Waals surface area contributed by atoms with E-state index < -0.39 is 0 Å². The van der Waals surface area contributed by atoms with Crippen LogP contribution >= 0.6 is 0 Å². The highest BCUT2D eigenvalue weighted by Crippen LogP contribution is 2.56. The molecule has 0 aromatic carbocycles. The lowest BCUT2D eigenvalue weighted by Gasteiger charge is -2.34. The van der Waals surface area contributed by atoms with Gasteiger partial charge in [0.15, 0.2) is 0 Å². The quantitative estimate of drug-likeness (QED) is 0.775. The summed E-state index contributed by atoms with van der Waals surface area (Å²) in [5, 5.41) is 0. The fourth-order valence-corrected chi connectivity index (χ4v) is 4.60. The van der Waals surface area contributed by atoms with E-state index in [0.717, 1.165) is 19.4 Å². The second-order valence-corrected chi connectivity index (χ2v) is 7.51. The first-order chi connectivity index (χ1) is 11.1. The number of nitrogens with zero attached hydrogens (tertiary/aromatic N) is 2. The van der Waals surface area contributed by atoms with Gasteiger partial charge in [-0.15, -0.1) is 0 Å². The molecule has 0 bridgehead atoms. The molecule has 3 unspecified atom stereocenters. The lowest BCUT2D eigenvalue weighted by atomic mass is 9.96. The molecule has 2 saturated carbocycles. The second kappa shape index (κ2) is 7.20. The third-order valence-electron chi connectivity index (χ3n) is 6.03. The zero-order valence-electron chi connectivity index (χ0n) is 14.5. The molecule has 2 amide bonds. The van der Waals surface area contributed by atoms with E-state index in [1.54, 1.807) is 12.0 Å². The predicted molar refractivity (Wildman–Crippen MR) is 87.8 cm³/mol. The molecule has 3 atom stereocenters. The second-order valence-electron chi connectivity index (χ2n) is 7.51. The number of carbonyl (C=O) groups excluding carboxylic acids is 2. The summed E-state index contributed by atoms with van der Waals surface area (Å²) >= 11 is 0. The number of likely N-dealkylation sites (N-methyl/N-ethyl adjacent to an activating group) is 1. The first-order valence-corrected chi connectivity index (χ1v) is 9.16. The minimum Gasteiger partial charge on any atom is -0.383 e. The van der Waals surface area contributed by atoms with Crippen LogP contribution in [-0.4, -0.2) is 62.0 Å². The summed E-state index contributed by atoms with van der Waals surface area (Å²) in [7, 11) is 3.48. The maximum atomic E-state index is 12.8. The molecule has 5 heteroatoms. The molecule has 0 N–H and O–H groups in total. The normalized spacial score (nSPS) is 33.0. The van der Waals surface area contributed by atoms with Gasteiger partial charge in [0.25, 0.3) is 0 Å². The van der Waals surface area contributed by atoms with Gasteiger partial charge in [0, 0.05) is 39.7 Å². The van der Waals surface area contributed by atoms with Gasteiger partial charge in [-0.05, 0) is 37.5 Å². The molecule has 0 aromatic rings. The molecule has 5 nitrogen and oxygen atoms in total. The fourth-order valence-electron chi connectivity index (χ4n) is 4.60. The molecule has 3 aliphatic rings. The van der Waals surface area contributed by atoms with Crippen LogP contribution in [0.5, 0.6) is 0 Å². The molecule has 130 valence electrons. The third-order valence-corrected chi connectivity index (χ3v) is 6.03. The smallest absolute Gasteiger partial charge is 0.227 e. The largest absolute Gasteiger partial charge is 0.383 e. The SMILES string of the molecule is COCCN(C)C(=O)C1CCCN(C(=O)C2C3CCCCC32)C1. The molecular formula is C18H30N2O3. The zero-order chi connectivity index (χ0) is 16.4. The average Bonchev–Trinajstić information content (AvgIpc) is 3.32. The fraction of sp³-hybridized carbons (Fsp3) is 0.889. The monoisotopic (exact) mass is 322 g/mol. The molecule has 0 spiro atoms. The summed E-state index contributed by atoms with van der Waals surface area (Å²) in [6, 6.07) is 0. The average molecular weight is 322 g/mol. The predicted octanol–water partition coefficient (Wildman–Crippen LogP) is 1.77. The van der Waals surface area contributed by atoms with Gasteiger partial charge in [0.1, 0.15) is 0 Å². The minimum absolute atomic E-state index is 0.0321. The number of piperidine rings is 1. The summed E-state index contributed by atoms with van der Waals surface area (Å²) in [6.07, 6.45) is 6.89. The Morgan fingerprint density at radius 3 is 2.48 bits per heavy atom. The van der Waals surface area contributed by atoms with Crippen molar-refractivity contribution in [1.82, 2.24) is 9.80 Å². The highest BCUT2D eigenvalue weighted by atomic mass is 16.5. The highest BCUT2D eigenvalue weighted by molar-refractivity contribution is 5.84. The number of hydrogen-bond donors (Lipinski definition) is 0. The molecule has 0 radical (unpaired) electrons. The summed E-state index contributed by atoms with van der Waals surface area (Å²) in [5.74, 6) is 2.04. The molecule has 1 saturated heterocycles. The minimum atomic E-state index is -0.0321. The van der Waals surface area contributed by atoms with E-state index in [9.17, 15) is 9.59 Å². The van der Waals surface area contributed by atoms with Crippen molar-refractivity contribution in [3.63, 3.8) is 0 Å². The number of methoxy groups -OCH3 is 1. The number of fused-ring (bicyclic) bond motifs is 1. The lowest BCUT2D eigenvalue weighted by molar-refractivity contribution is -0.141. The Bertz CT molecular complexity index is 442. The first kappa shape index (κ1) is 16.7. The van der Waals surface area contributed by atoms with Gasteiger partial charge >= 0.3 is 0 Å². The van der Waals surface area contributed by atoms with Crippen molar-refractivity contribution in [2.75, 3.05) is 40.4 Å². The molecule has 2 aliphatic carbocycles. The van der Waals surface area contributed by atoms with E-state index in [-0.39, 0.29) is 17.7 Å². The van der Waals surface area contributed by atoms with Crippen LogP contribution in [0.2, 0.25) is 0 Å². The maximum absolute atomic E-state index is 12.8. The molecule has 3 rings (SSSR count). The number of carbonyl (C=O) groups is 2. The van der Waals surface area contributed by atoms with Crippen LogP contribution in [0.4, 0.5) is 0 Å². The van der Waals surface area contributed by atoms with Crippen molar-refractivity contribution in [3.8, 4) is 0 Å². The van der Waals surface area contributed by atoms with E-state index in [4.69, 9.17) is 4.74 Å². The van der Waals surface area contributed by atoms with E-state index in [1.807, 2.05) is 11.9 Å². The summed E-state index contributed by atoms with van der Waals surface area (Å²) in [6.45, 7) is 2.63. The number of likely N-dealkylation sites (tertiary alicyclic amines) is 1. The van der Waals surface area contributed by atoms with Gasteiger partial charge in [-0.1, -0.05) is 12.8 Å². The van der Waals surface area contributed by atoms with E-state index in [1.165, 1.54) is 25.7 Å². The van der Waals surface area contributed by atoms with Crippen LogP contribution < -0.4 is 0 Å². The molecule has 23 heavy (non-hydrogen) atoms. The molecular weight excluding hydrogens is 292 g/mol. The Labute approximate surface area is 139 Å². The van der Waals surface area contributed by atoms with Gasteiger partial charge < -0.3 is 14.5 Å². The number of amides is 2. The third kappa shape index (κ3) is 3.54. The van der Waals surface area contributed by atoms with E-state index >= 15 is 0 Å². The molecule has 1 aliphatic heterocycles. The maximum Gasteiger partial charge on any atom is 0.227 e. The summed E-state index contributed by atoms with van der Waals surface area (Å²) in [4.78, 5) is 29.1. The number of hydrogen-bond acceptors (Lipinski definition) is 3. The van der Waals surface area contributed by atoms with Crippen LogP contribution in [0.15, 0.2) is 0 Å². The van der Waals surface area contributed by atoms with E-state index in [2.05, 4.69) is 0 Å². The molecule has 1 heterocycles. The first-order valence-electron chi connectivity index (χ1n) is 9.16. The Morgan fingerprint density at radius 1 is 1.13 bits per heavy atom. The van der Waals surface area contributed by atoms with Crippen molar-refractivity contribution in [2.45, 2.75) is 38.5 Å². The Balaban J connectivity index is 1.53. The van der Waals surface area contributed by atoms with Crippen molar-refractivity contribution < 1.29 is 14.3 Å². The summed E-state index contributed by atoms with van der Waals surface area (Å²) in [5.41, 5.74) is 0. The highest BCUT2D eigenvalue weighted by Gasteiger charge is 2.56. The molecule has 3 fully saturated rings. The van der Waals surface area contributed by atoms with Gasteiger partial charge in [-0.25, -0.2) is 0 Å². The van der Waals surface area contributed by atoms with E-state index in [0.29, 0.717) is 37.4 Å².